The van der Waals surface area contributed by atoms with Crippen molar-refractivity contribution in [3.63, 3.8) is 0 Å². The van der Waals surface area contributed by atoms with Crippen molar-refractivity contribution in [3.05, 3.63) is 108 Å². The van der Waals surface area contributed by atoms with E-state index in [4.69, 9.17) is 0 Å². The van der Waals surface area contributed by atoms with Crippen LogP contribution in [0.4, 0.5) is 0 Å². The molecule has 3 aromatic rings. The van der Waals surface area contributed by atoms with Crippen LogP contribution in [0.25, 0.3) is 0 Å². The number of carbonyl (C=O) groups excluding carboxylic acids is 1. The summed E-state index contributed by atoms with van der Waals surface area (Å²) in [6, 6.07) is 30.9. The fourth-order valence-corrected chi connectivity index (χ4v) is 3.34. The monoisotopic (exact) mass is 358 g/mol. The van der Waals surface area contributed by atoms with Crippen molar-refractivity contribution >= 4 is 5.91 Å². The van der Waals surface area contributed by atoms with Crippen molar-refractivity contribution in [1.29, 1.82) is 0 Å². The summed E-state index contributed by atoms with van der Waals surface area (Å²) < 4.78 is 0. The maximum absolute atomic E-state index is 12.5. The van der Waals surface area contributed by atoms with E-state index in [1.54, 1.807) is 0 Å². The Bertz CT molecular complexity index is 779. The molecule has 3 heteroatoms. The fourth-order valence-electron chi connectivity index (χ4n) is 3.34. The van der Waals surface area contributed by atoms with Gasteiger partial charge in [-0.25, -0.2) is 0 Å². The Hall–Kier alpha value is -2.91. The zero-order valence-corrected chi connectivity index (χ0v) is 15.7. The molecule has 0 atom stereocenters. The molecule has 0 saturated heterocycles. The molecule has 1 amide bonds. The first-order valence-corrected chi connectivity index (χ1v) is 9.35. The Morgan fingerprint density at radius 3 is 1.81 bits per heavy atom. The highest BCUT2D eigenvalue weighted by molar-refractivity contribution is 5.78. The average molecular weight is 358 g/mol. The van der Waals surface area contributed by atoms with Crippen molar-refractivity contribution < 1.29 is 4.79 Å². The fraction of sp³-hybridized carbons (Fsp3) is 0.208. The Balaban J connectivity index is 1.62. The van der Waals surface area contributed by atoms with Crippen LogP contribution in [0.3, 0.4) is 0 Å². The Kier molecular flexibility index (Phi) is 6.78. The number of likely N-dealkylation sites (N-methyl/N-ethyl adjacent to an activating group) is 1. The van der Waals surface area contributed by atoms with E-state index in [2.05, 4.69) is 46.6 Å². The van der Waals surface area contributed by atoms with E-state index >= 15 is 0 Å². The molecular formula is C24H26N2O. The van der Waals surface area contributed by atoms with Gasteiger partial charge in [-0.3, -0.25) is 9.69 Å². The minimum absolute atomic E-state index is 0.0466. The van der Waals surface area contributed by atoms with Gasteiger partial charge in [-0.15, -0.1) is 0 Å². The Morgan fingerprint density at radius 1 is 0.815 bits per heavy atom. The maximum atomic E-state index is 12.5. The SMILES string of the molecule is CN(CC(=O)NCCc1ccccc1)C(c1ccccc1)c1ccccc1. The zero-order chi connectivity index (χ0) is 18.9. The molecule has 0 saturated carbocycles. The number of nitrogens with zero attached hydrogens (tertiary/aromatic N) is 1. The van der Waals surface area contributed by atoms with Gasteiger partial charge in [-0.1, -0.05) is 91.0 Å². The second-order valence-electron chi connectivity index (χ2n) is 6.72. The van der Waals surface area contributed by atoms with Gasteiger partial charge in [0, 0.05) is 6.54 Å². The van der Waals surface area contributed by atoms with E-state index < -0.39 is 0 Å². The Morgan fingerprint density at radius 2 is 1.30 bits per heavy atom. The summed E-state index contributed by atoms with van der Waals surface area (Å²) in [5, 5.41) is 3.04. The zero-order valence-electron chi connectivity index (χ0n) is 15.7. The van der Waals surface area contributed by atoms with Crippen LogP contribution in [-0.2, 0) is 11.2 Å². The molecule has 3 rings (SSSR count). The van der Waals surface area contributed by atoms with Crippen LogP contribution in [0.1, 0.15) is 22.7 Å². The van der Waals surface area contributed by atoms with Gasteiger partial charge in [-0.05, 0) is 30.2 Å². The smallest absolute Gasteiger partial charge is 0.234 e. The molecule has 0 radical (unpaired) electrons. The van der Waals surface area contributed by atoms with Crippen LogP contribution >= 0.6 is 0 Å². The molecule has 0 spiro atoms. The van der Waals surface area contributed by atoms with Gasteiger partial charge in [0.2, 0.25) is 5.91 Å². The van der Waals surface area contributed by atoms with Gasteiger partial charge < -0.3 is 5.32 Å². The van der Waals surface area contributed by atoms with E-state index in [0.717, 1.165) is 6.42 Å². The molecule has 0 aliphatic heterocycles. The summed E-state index contributed by atoms with van der Waals surface area (Å²) in [6.07, 6.45) is 0.844. The number of amides is 1. The number of hydrogen-bond acceptors (Lipinski definition) is 2. The van der Waals surface area contributed by atoms with E-state index in [1.165, 1.54) is 16.7 Å². The van der Waals surface area contributed by atoms with Gasteiger partial charge in [-0.2, -0.15) is 0 Å². The quantitative estimate of drug-likeness (QED) is 0.658. The molecule has 0 unspecified atom stereocenters. The molecule has 0 aliphatic rings. The van der Waals surface area contributed by atoms with Gasteiger partial charge in [0.05, 0.1) is 12.6 Å². The molecule has 3 nitrogen and oxygen atoms in total. The first kappa shape index (κ1) is 18.9. The third kappa shape index (κ3) is 5.53. The lowest BCUT2D eigenvalue weighted by Gasteiger charge is -2.28. The molecular weight excluding hydrogens is 332 g/mol. The third-order valence-corrected chi connectivity index (χ3v) is 4.64. The lowest BCUT2D eigenvalue weighted by atomic mass is 9.97. The second kappa shape index (κ2) is 9.70. The summed E-state index contributed by atoms with van der Waals surface area (Å²) in [7, 11) is 2.00. The van der Waals surface area contributed by atoms with Crippen molar-refractivity contribution in [3.8, 4) is 0 Å². The van der Waals surface area contributed by atoms with E-state index in [1.807, 2.05) is 61.6 Å². The number of benzene rings is 3. The van der Waals surface area contributed by atoms with Crippen LogP contribution in [0.15, 0.2) is 91.0 Å². The minimum Gasteiger partial charge on any atom is -0.355 e. The van der Waals surface area contributed by atoms with E-state index in [0.29, 0.717) is 13.1 Å². The van der Waals surface area contributed by atoms with Crippen molar-refractivity contribution in [2.75, 3.05) is 20.1 Å². The summed E-state index contributed by atoms with van der Waals surface area (Å²) in [5.41, 5.74) is 3.60. The van der Waals surface area contributed by atoms with Gasteiger partial charge >= 0.3 is 0 Å². The van der Waals surface area contributed by atoms with Crippen LogP contribution in [-0.4, -0.2) is 30.9 Å². The van der Waals surface area contributed by atoms with E-state index in [9.17, 15) is 4.79 Å². The molecule has 0 bridgehead atoms. The van der Waals surface area contributed by atoms with Crippen LogP contribution in [0.2, 0.25) is 0 Å². The van der Waals surface area contributed by atoms with Gasteiger partial charge in [0.15, 0.2) is 0 Å². The Labute approximate surface area is 161 Å². The summed E-state index contributed by atoms with van der Waals surface area (Å²) in [6.45, 7) is 1.00. The van der Waals surface area contributed by atoms with Crippen molar-refractivity contribution in [2.24, 2.45) is 0 Å². The summed E-state index contributed by atoms with van der Waals surface area (Å²) >= 11 is 0. The summed E-state index contributed by atoms with van der Waals surface area (Å²) in [5.74, 6) is 0.0466. The molecule has 0 fully saturated rings. The summed E-state index contributed by atoms with van der Waals surface area (Å²) in [4.78, 5) is 14.6. The molecule has 0 heterocycles. The molecule has 138 valence electrons. The average Bonchev–Trinajstić information content (AvgIpc) is 2.70. The number of rotatable bonds is 8. The number of nitrogens with one attached hydrogen (secondary N) is 1. The standard InChI is InChI=1S/C24H26N2O/c1-26(19-23(27)25-18-17-20-11-5-2-6-12-20)24(21-13-7-3-8-14-21)22-15-9-4-10-16-22/h2-16,24H,17-19H2,1H3,(H,25,27). The molecule has 0 aromatic heterocycles. The topological polar surface area (TPSA) is 32.3 Å². The van der Waals surface area contributed by atoms with E-state index in [-0.39, 0.29) is 11.9 Å². The highest BCUT2D eigenvalue weighted by Gasteiger charge is 2.20. The van der Waals surface area contributed by atoms with Crippen molar-refractivity contribution in [2.45, 2.75) is 12.5 Å². The maximum Gasteiger partial charge on any atom is 0.234 e. The first-order chi connectivity index (χ1) is 13.2. The molecule has 0 aliphatic carbocycles. The highest BCUT2D eigenvalue weighted by atomic mass is 16.2. The number of carbonyl (C=O) groups is 1. The first-order valence-electron chi connectivity index (χ1n) is 9.35. The molecule has 3 aromatic carbocycles. The van der Waals surface area contributed by atoms with Crippen LogP contribution < -0.4 is 5.32 Å². The predicted molar refractivity (Wildman–Crippen MR) is 111 cm³/mol. The van der Waals surface area contributed by atoms with Crippen LogP contribution in [0, 0.1) is 0 Å². The third-order valence-electron chi connectivity index (χ3n) is 4.64. The van der Waals surface area contributed by atoms with Crippen LogP contribution in [0.5, 0.6) is 0 Å². The number of hydrogen-bond donors (Lipinski definition) is 1. The molecule has 1 N–H and O–H groups in total. The predicted octanol–water partition coefficient (Wildman–Crippen LogP) is 4.07. The highest BCUT2D eigenvalue weighted by Crippen LogP contribution is 2.27. The van der Waals surface area contributed by atoms with Gasteiger partial charge in [0.25, 0.3) is 0 Å². The normalized spacial score (nSPS) is 10.9. The lowest BCUT2D eigenvalue weighted by Crippen LogP contribution is -2.38. The largest absolute Gasteiger partial charge is 0.355 e. The minimum atomic E-state index is 0.0466. The van der Waals surface area contributed by atoms with Gasteiger partial charge in [0.1, 0.15) is 0 Å². The second-order valence-corrected chi connectivity index (χ2v) is 6.72. The van der Waals surface area contributed by atoms with Crippen molar-refractivity contribution in [1.82, 2.24) is 10.2 Å². The lowest BCUT2D eigenvalue weighted by molar-refractivity contribution is -0.122. The molecule has 27 heavy (non-hydrogen) atoms.